The van der Waals surface area contributed by atoms with Gasteiger partial charge in [-0.25, -0.2) is 0 Å². The van der Waals surface area contributed by atoms with Crippen molar-refractivity contribution in [3.63, 3.8) is 0 Å². The summed E-state index contributed by atoms with van der Waals surface area (Å²) in [4.78, 5) is 27.0. The Bertz CT molecular complexity index is 872. The van der Waals surface area contributed by atoms with Crippen LogP contribution in [0.15, 0.2) is 24.3 Å². The average Bonchev–Trinajstić information content (AvgIpc) is 3.26. The number of carbonyl (C=O) groups excluding carboxylic acids is 2. The first kappa shape index (κ1) is 16.9. The van der Waals surface area contributed by atoms with E-state index in [1.807, 2.05) is 31.2 Å². The van der Waals surface area contributed by atoms with Crippen molar-refractivity contribution in [1.29, 1.82) is 0 Å². The molecule has 1 aromatic carbocycles. The zero-order chi connectivity index (χ0) is 18.3. The number of carbonyl (C=O) groups is 2. The Labute approximate surface area is 155 Å². The first-order chi connectivity index (χ1) is 12.5. The third kappa shape index (κ3) is 3.39. The van der Waals surface area contributed by atoms with Crippen molar-refractivity contribution in [3.05, 3.63) is 40.3 Å². The Kier molecular flexibility index (Phi) is 4.32. The standard InChI is InChI=1S/C19H20N2O4S/c1-11-7-16(20-18(22)13-4-5-13)26-17(11)19(23)21(2)9-12-3-6-14-15(8-12)25-10-24-14/h3,6-8,13H,4-5,9-10H2,1-2H3,(H,20,22). The molecule has 1 aliphatic carbocycles. The maximum absolute atomic E-state index is 12.8. The normalized spacial score (nSPS) is 15.0. The molecule has 1 aromatic heterocycles. The molecule has 7 heteroatoms. The number of amides is 2. The lowest BCUT2D eigenvalue weighted by Crippen LogP contribution is -2.25. The van der Waals surface area contributed by atoms with Crippen LogP contribution >= 0.6 is 11.3 Å². The number of fused-ring (bicyclic) bond motifs is 1. The van der Waals surface area contributed by atoms with Gasteiger partial charge in [0.2, 0.25) is 12.7 Å². The summed E-state index contributed by atoms with van der Waals surface area (Å²) < 4.78 is 10.7. The number of aryl methyl sites for hydroxylation is 1. The fourth-order valence-electron chi connectivity index (χ4n) is 2.88. The van der Waals surface area contributed by atoms with Gasteiger partial charge in [-0.3, -0.25) is 9.59 Å². The fourth-order valence-corrected chi connectivity index (χ4v) is 3.95. The van der Waals surface area contributed by atoms with Crippen molar-refractivity contribution in [2.24, 2.45) is 5.92 Å². The van der Waals surface area contributed by atoms with E-state index in [2.05, 4.69) is 5.32 Å². The molecule has 2 amide bonds. The quantitative estimate of drug-likeness (QED) is 0.873. The zero-order valence-corrected chi connectivity index (χ0v) is 15.5. The van der Waals surface area contributed by atoms with E-state index in [1.54, 1.807) is 11.9 Å². The molecule has 1 fully saturated rings. The van der Waals surface area contributed by atoms with E-state index in [0.29, 0.717) is 17.2 Å². The smallest absolute Gasteiger partial charge is 0.264 e. The number of nitrogens with zero attached hydrogens (tertiary/aromatic N) is 1. The molecule has 1 aliphatic heterocycles. The second-order valence-electron chi connectivity index (χ2n) is 6.74. The van der Waals surface area contributed by atoms with Crippen molar-refractivity contribution in [2.75, 3.05) is 19.2 Å². The van der Waals surface area contributed by atoms with Gasteiger partial charge >= 0.3 is 0 Å². The van der Waals surface area contributed by atoms with E-state index in [1.165, 1.54) is 11.3 Å². The van der Waals surface area contributed by atoms with Gasteiger partial charge in [-0.2, -0.15) is 0 Å². The molecule has 2 heterocycles. The molecule has 136 valence electrons. The molecule has 0 radical (unpaired) electrons. The molecule has 0 bridgehead atoms. The molecule has 0 atom stereocenters. The molecule has 0 unspecified atom stereocenters. The van der Waals surface area contributed by atoms with Crippen molar-refractivity contribution in [1.82, 2.24) is 4.90 Å². The molecule has 6 nitrogen and oxygen atoms in total. The maximum Gasteiger partial charge on any atom is 0.264 e. The summed E-state index contributed by atoms with van der Waals surface area (Å²) in [7, 11) is 1.77. The predicted octanol–water partition coefficient (Wildman–Crippen LogP) is 3.41. The van der Waals surface area contributed by atoms with E-state index < -0.39 is 0 Å². The summed E-state index contributed by atoms with van der Waals surface area (Å²) in [6.07, 6.45) is 1.92. The highest BCUT2D eigenvalue weighted by Crippen LogP contribution is 2.34. The minimum absolute atomic E-state index is 0.0546. The molecule has 2 aromatic rings. The van der Waals surface area contributed by atoms with Gasteiger partial charge in [0.25, 0.3) is 5.91 Å². The van der Waals surface area contributed by atoms with Gasteiger partial charge in [0.1, 0.15) is 0 Å². The van der Waals surface area contributed by atoms with Crippen molar-refractivity contribution in [2.45, 2.75) is 26.3 Å². The number of rotatable bonds is 5. The molecule has 4 rings (SSSR count). The van der Waals surface area contributed by atoms with Crippen LogP contribution in [0.5, 0.6) is 11.5 Å². The highest BCUT2D eigenvalue weighted by molar-refractivity contribution is 7.18. The number of ether oxygens (including phenoxy) is 2. The average molecular weight is 372 g/mol. The second-order valence-corrected chi connectivity index (χ2v) is 7.79. The van der Waals surface area contributed by atoms with Crippen LogP contribution < -0.4 is 14.8 Å². The number of nitrogens with one attached hydrogen (secondary N) is 1. The maximum atomic E-state index is 12.8. The zero-order valence-electron chi connectivity index (χ0n) is 14.7. The summed E-state index contributed by atoms with van der Waals surface area (Å²) in [6.45, 7) is 2.60. The highest BCUT2D eigenvalue weighted by Gasteiger charge is 2.30. The van der Waals surface area contributed by atoms with E-state index in [4.69, 9.17) is 9.47 Å². The van der Waals surface area contributed by atoms with Crippen molar-refractivity contribution >= 4 is 28.2 Å². The number of hydrogen-bond acceptors (Lipinski definition) is 5. The van der Waals surface area contributed by atoms with Crippen molar-refractivity contribution in [3.8, 4) is 11.5 Å². The Morgan fingerprint density at radius 3 is 2.77 bits per heavy atom. The fraction of sp³-hybridized carbons (Fsp3) is 0.368. The molecule has 1 saturated carbocycles. The molecule has 26 heavy (non-hydrogen) atoms. The van der Waals surface area contributed by atoms with Gasteiger partial charge in [0.15, 0.2) is 11.5 Å². The van der Waals surface area contributed by atoms with Gasteiger partial charge < -0.3 is 19.7 Å². The van der Waals surface area contributed by atoms with E-state index in [-0.39, 0.29) is 24.5 Å². The Morgan fingerprint density at radius 2 is 2.00 bits per heavy atom. The van der Waals surface area contributed by atoms with Gasteiger partial charge in [-0.15, -0.1) is 11.3 Å². The summed E-state index contributed by atoms with van der Waals surface area (Å²) >= 11 is 1.33. The first-order valence-electron chi connectivity index (χ1n) is 8.56. The number of thiophene rings is 1. The van der Waals surface area contributed by atoms with Gasteiger partial charge in [-0.1, -0.05) is 6.07 Å². The Morgan fingerprint density at radius 1 is 1.23 bits per heavy atom. The lowest BCUT2D eigenvalue weighted by atomic mass is 10.2. The number of benzene rings is 1. The van der Waals surface area contributed by atoms with Crippen LogP contribution in [0, 0.1) is 12.8 Å². The predicted molar refractivity (Wildman–Crippen MR) is 98.8 cm³/mol. The van der Waals surface area contributed by atoms with Crippen LogP contribution in [0.25, 0.3) is 0 Å². The van der Waals surface area contributed by atoms with E-state index >= 15 is 0 Å². The van der Waals surface area contributed by atoms with E-state index in [0.717, 1.165) is 34.7 Å². The van der Waals surface area contributed by atoms with Crippen LogP contribution in [-0.4, -0.2) is 30.6 Å². The number of anilines is 1. The SMILES string of the molecule is Cc1cc(NC(=O)C2CC2)sc1C(=O)N(C)Cc1ccc2c(c1)OCO2. The lowest BCUT2D eigenvalue weighted by Gasteiger charge is -2.17. The van der Waals surface area contributed by atoms with Crippen LogP contribution in [0.3, 0.4) is 0 Å². The highest BCUT2D eigenvalue weighted by atomic mass is 32.1. The summed E-state index contributed by atoms with van der Waals surface area (Å²) in [6, 6.07) is 7.55. The summed E-state index contributed by atoms with van der Waals surface area (Å²) in [5.74, 6) is 1.58. The topological polar surface area (TPSA) is 67.9 Å². The van der Waals surface area contributed by atoms with Crippen LogP contribution in [-0.2, 0) is 11.3 Å². The largest absolute Gasteiger partial charge is 0.454 e. The Hall–Kier alpha value is -2.54. The number of hydrogen-bond donors (Lipinski definition) is 1. The molecule has 1 N–H and O–H groups in total. The summed E-state index contributed by atoms with van der Waals surface area (Å²) in [5.41, 5.74) is 1.85. The molecule has 0 spiro atoms. The van der Waals surface area contributed by atoms with Crippen LogP contribution in [0.1, 0.15) is 33.6 Å². The summed E-state index contributed by atoms with van der Waals surface area (Å²) in [5, 5.41) is 3.65. The molecule has 0 saturated heterocycles. The molecular formula is C19H20N2O4S. The monoisotopic (exact) mass is 372 g/mol. The van der Waals surface area contributed by atoms with Gasteiger partial charge in [0, 0.05) is 19.5 Å². The van der Waals surface area contributed by atoms with Crippen LogP contribution in [0.2, 0.25) is 0 Å². The first-order valence-corrected chi connectivity index (χ1v) is 9.38. The third-order valence-electron chi connectivity index (χ3n) is 4.51. The minimum atomic E-state index is -0.0583. The third-order valence-corrected chi connectivity index (χ3v) is 5.65. The van der Waals surface area contributed by atoms with Gasteiger partial charge in [0.05, 0.1) is 9.88 Å². The lowest BCUT2D eigenvalue weighted by molar-refractivity contribution is -0.117. The van der Waals surface area contributed by atoms with Gasteiger partial charge in [-0.05, 0) is 49.1 Å². The molecule has 2 aliphatic rings. The second kappa shape index (κ2) is 6.64. The minimum Gasteiger partial charge on any atom is -0.454 e. The Balaban J connectivity index is 1.44. The molecular weight excluding hydrogens is 352 g/mol. The van der Waals surface area contributed by atoms with Crippen molar-refractivity contribution < 1.29 is 19.1 Å². The van der Waals surface area contributed by atoms with E-state index in [9.17, 15) is 9.59 Å². The van der Waals surface area contributed by atoms with Crippen LogP contribution in [0.4, 0.5) is 5.00 Å².